The van der Waals surface area contributed by atoms with Gasteiger partial charge in [-0.05, 0) is 24.0 Å². The van der Waals surface area contributed by atoms with Crippen LogP contribution in [0.15, 0.2) is 24.3 Å². The maximum atomic E-state index is 11.7. The molecule has 1 aromatic rings. The van der Waals surface area contributed by atoms with Gasteiger partial charge in [0.15, 0.2) is 0 Å². The van der Waals surface area contributed by atoms with Gasteiger partial charge in [0.2, 0.25) is 0 Å². The van der Waals surface area contributed by atoms with E-state index in [1.54, 1.807) is 0 Å². The Kier molecular flexibility index (Phi) is 4.95. The van der Waals surface area contributed by atoms with Crippen LogP contribution < -0.4 is 10.6 Å². The summed E-state index contributed by atoms with van der Waals surface area (Å²) in [6.45, 7) is 0.130. The third kappa shape index (κ3) is 4.24. The lowest BCUT2D eigenvalue weighted by molar-refractivity contribution is -0.142. The Bertz CT molecular complexity index is 465. The van der Waals surface area contributed by atoms with Gasteiger partial charge in [0.1, 0.15) is 6.61 Å². The molecule has 0 radical (unpaired) electrons. The van der Waals surface area contributed by atoms with E-state index in [-0.39, 0.29) is 25.3 Å². The number of carbonyl (C=O) groups excluding carboxylic acids is 1. The van der Waals surface area contributed by atoms with Crippen LogP contribution in [0.5, 0.6) is 0 Å². The number of fused-ring (bicyclic) bond motifs is 1. The summed E-state index contributed by atoms with van der Waals surface area (Å²) in [4.78, 5) is 21.9. The second kappa shape index (κ2) is 6.91. The smallest absolute Gasteiger partial charge is 0.329 e. The summed E-state index contributed by atoms with van der Waals surface area (Å²) in [5, 5.41) is 13.9. The second-order valence-corrected chi connectivity index (χ2v) is 4.72. The fraction of sp³-hybridized carbons (Fsp3) is 0.429. The van der Waals surface area contributed by atoms with Crippen LogP contribution in [-0.2, 0) is 22.4 Å². The van der Waals surface area contributed by atoms with Crippen LogP contribution >= 0.6 is 0 Å². The highest BCUT2D eigenvalue weighted by Crippen LogP contribution is 2.21. The number of hydrogen-bond acceptors (Lipinski definition) is 3. The third-order valence-corrected chi connectivity index (χ3v) is 3.14. The van der Waals surface area contributed by atoms with Gasteiger partial charge in [-0.1, -0.05) is 24.3 Å². The molecule has 6 heteroatoms. The van der Waals surface area contributed by atoms with Gasteiger partial charge in [0, 0.05) is 12.6 Å². The first-order valence-electron chi connectivity index (χ1n) is 6.56. The molecule has 1 aromatic carbocycles. The van der Waals surface area contributed by atoms with E-state index in [0.29, 0.717) is 6.54 Å². The van der Waals surface area contributed by atoms with Crippen molar-refractivity contribution in [3.63, 3.8) is 0 Å². The van der Waals surface area contributed by atoms with Gasteiger partial charge in [-0.3, -0.25) is 0 Å². The molecule has 2 amide bonds. The topological polar surface area (TPSA) is 87.7 Å². The van der Waals surface area contributed by atoms with E-state index in [1.165, 1.54) is 11.1 Å². The van der Waals surface area contributed by atoms with Crippen LogP contribution in [0.25, 0.3) is 0 Å². The molecule has 3 N–H and O–H groups in total. The summed E-state index contributed by atoms with van der Waals surface area (Å²) in [7, 11) is 0. The van der Waals surface area contributed by atoms with Gasteiger partial charge >= 0.3 is 12.0 Å². The van der Waals surface area contributed by atoms with Crippen molar-refractivity contribution in [3.05, 3.63) is 35.4 Å². The van der Waals surface area contributed by atoms with E-state index < -0.39 is 5.97 Å². The molecule has 0 saturated carbocycles. The van der Waals surface area contributed by atoms with Crippen molar-refractivity contribution >= 4 is 12.0 Å². The zero-order valence-corrected chi connectivity index (χ0v) is 11.1. The SMILES string of the molecule is O=C(O)COCCNC(=O)NC1Cc2ccccc2C1. The number of aliphatic carboxylic acids is 1. The lowest BCUT2D eigenvalue weighted by Crippen LogP contribution is -2.43. The first kappa shape index (κ1) is 14.3. The summed E-state index contributed by atoms with van der Waals surface area (Å²) in [5.41, 5.74) is 2.56. The molecule has 2 rings (SSSR count). The van der Waals surface area contributed by atoms with Crippen LogP contribution in [0.4, 0.5) is 4.79 Å². The van der Waals surface area contributed by atoms with E-state index in [9.17, 15) is 9.59 Å². The van der Waals surface area contributed by atoms with E-state index in [4.69, 9.17) is 9.84 Å². The summed E-state index contributed by atoms with van der Waals surface area (Å²) in [6, 6.07) is 8.03. The highest BCUT2D eigenvalue weighted by atomic mass is 16.5. The molecular formula is C14H18N2O4. The molecule has 6 nitrogen and oxygen atoms in total. The lowest BCUT2D eigenvalue weighted by Gasteiger charge is -2.13. The molecule has 0 atom stereocenters. The molecule has 0 aromatic heterocycles. The van der Waals surface area contributed by atoms with Gasteiger partial charge in [-0.2, -0.15) is 0 Å². The Morgan fingerprint density at radius 3 is 2.50 bits per heavy atom. The average Bonchev–Trinajstić information content (AvgIpc) is 2.79. The van der Waals surface area contributed by atoms with Gasteiger partial charge in [-0.25, -0.2) is 9.59 Å². The molecule has 1 aliphatic rings. The van der Waals surface area contributed by atoms with Crippen molar-refractivity contribution in [3.8, 4) is 0 Å². The van der Waals surface area contributed by atoms with E-state index in [0.717, 1.165) is 12.8 Å². The molecule has 0 unspecified atom stereocenters. The molecular weight excluding hydrogens is 260 g/mol. The second-order valence-electron chi connectivity index (χ2n) is 4.72. The van der Waals surface area contributed by atoms with Crippen molar-refractivity contribution in [1.82, 2.24) is 10.6 Å². The quantitative estimate of drug-likeness (QED) is 0.663. The average molecular weight is 278 g/mol. The molecule has 0 fully saturated rings. The third-order valence-electron chi connectivity index (χ3n) is 3.14. The molecule has 20 heavy (non-hydrogen) atoms. The number of amides is 2. The normalized spacial score (nSPS) is 13.8. The summed E-state index contributed by atoms with van der Waals surface area (Å²) >= 11 is 0. The number of nitrogens with one attached hydrogen (secondary N) is 2. The number of hydrogen-bond donors (Lipinski definition) is 3. The molecule has 0 heterocycles. The molecule has 108 valence electrons. The predicted octanol–water partition coefficient (Wildman–Crippen LogP) is 0.554. The van der Waals surface area contributed by atoms with Crippen LogP contribution in [0, 0.1) is 0 Å². The monoisotopic (exact) mass is 278 g/mol. The van der Waals surface area contributed by atoms with Crippen LogP contribution in [0.3, 0.4) is 0 Å². The lowest BCUT2D eigenvalue weighted by atomic mass is 10.1. The van der Waals surface area contributed by atoms with E-state index in [1.807, 2.05) is 12.1 Å². The number of ether oxygens (including phenoxy) is 1. The fourth-order valence-corrected chi connectivity index (χ4v) is 2.29. The first-order valence-corrected chi connectivity index (χ1v) is 6.56. The minimum absolute atomic E-state index is 0.118. The number of carboxylic acid groups (broad SMARTS) is 1. The molecule has 0 saturated heterocycles. The molecule has 0 spiro atoms. The van der Waals surface area contributed by atoms with Gasteiger partial charge in [-0.15, -0.1) is 0 Å². The Morgan fingerprint density at radius 1 is 1.25 bits per heavy atom. The highest BCUT2D eigenvalue weighted by molar-refractivity contribution is 5.74. The Morgan fingerprint density at radius 2 is 1.90 bits per heavy atom. The summed E-state index contributed by atoms with van der Waals surface area (Å²) in [5.74, 6) is -1.02. The van der Waals surface area contributed by atoms with Gasteiger partial charge in [0.25, 0.3) is 0 Å². The number of benzene rings is 1. The van der Waals surface area contributed by atoms with E-state index >= 15 is 0 Å². The number of urea groups is 1. The largest absolute Gasteiger partial charge is 0.480 e. The van der Waals surface area contributed by atoms with Crippen LogP contribution in [-0.4, -0.2) is 42.9 Å². The predicted molar refractivity (Wildman–Crippen MR) is 72.6 cm³/mol. The number of rotatable bonds is 6. The standard InChI is InChI=1S/C14H18N2O4/c17-13(18)9-20-6-5-15-14(19)16-12-7-10-3-1-2-4-11(10)8-12/h1-4,12H,5-9H2,(H,17,18)(H2,15,16,19). The highest BCUT2D eigenvalue weighted by Gasteiger charge is 2.21. The minimum atomic E-state index is -1.02. The maximum Gasteiger partial charge on any atom is 0.329 e. The van der Waals surface area contributed by atoms with Gasteiger partial charge in [0.05, 0.1) is 6.61 Å². The fourth-order valence-electron chi connectivity index (χ4n) is 2.29. The summed E-state index contributed by atoms with van der Waals surface area (Å²) in [6.07, 6.45) is 1.69. The Labute approximate surface area is 117 Å². The molecule has 0 bridgehead atoms. The molecule has 0 aliphatic heterocycles. The Balaban J connectivity index is 1.63. The van der Waals surface area contributed by atoms with Crippen molar-refractivity contribution < 1.29 is 19.4 Å². The van der Waals surface area contributed by atoms with E-state index in [2.05, 4.69) is 22.8 Å². The molecule has 1 aliphatic carbocycles. The Hall–Kier alpha value is -2.08. The zero-order chi connectivity index (χ0) is 14.4. The van der Waals surface area contributed by atoms with Crippen molar-refractivity contribution in [1.29, 1.82) is 0 Å². The van der Waals surface area contributed by atoms with Crippen LogP contribution in [0.1, 0.15) is 11.1 Å². The first-order chi connectivity index (χ1) is 9.65. The van der Waals surface area contributed by atoms with Crippen molar-refractivity contribution in [2.24, 2.45) is 0 Å². The summed E-state index contributed by atoms with van der Waals surface area (Å²) < 4.78 is 4.82. The van der Waals surface area contributed by atoms with Crippen LogP contribution in [0.2, 0.25) is 0 Å². The van der Waals surface area contributed by atoms with Gasteiger partial charge < -0.3 is 20.5 Å². The van der Waals surface area contributed by atoms with Crippen molar-refractivity contribution in [2.75, 3.05) is 19.8 Å². The van der Waals surface area contributed by atoms with Crippen molar-refractivity contribution in [2.45, 2.75) is 18.9 Å². The maximum absolute atomic E-state index is 11.7. The number of carbonyl (C=O) groups is 2. The number of carboxylic acids is 1. The minimum Gasteiger partial charge on any atom is -0.480 e. The zero-order valence-electron chi connectivity index (χ0n) is 11.1.